The van der Waals surface area contributed by atoms with E-state index in [0.29, 0.717) is 22.4 Å². The van der Waals surface area contributed by atoms with Gasteiger partial charge in [-0.05, 0) is 48.3 Å². The highest BCUT2D eigenvalue weighted by Gasteiger charge is 2.41. The summed E-state index contributed by atoms with van der Waals surface area (Å²) in [5.74, 6) is 0.542. The fourth-order valence-electron chi connectivity index (χ4n) is 3.85. The minimum Gasteiger partial charge on any atom is -0.390 e. The predicted molar refractivity (Wildman–Crippen MR) is 81.9 cm³/mol. The zero-order valence-electron chi connectivity index (χ0n) is 11.8. The average molecular weight is 301 g/mol. The van der Waals surface area contributed by atoms with Crippen LogP contribution in [-0.4, -0.2) is 10.7 Å². The van der Waals surface area contributed by atoms with Crippen molar-refractivity contribution in [2.24, 2.45) is 11.3 Å². The van der Waals surface area contributed by atoms with Crippen molar-refractivity contribution >= 4 is 23.2 Å². The number of benzene rings is 1. The highest BCUT2D eigenvalue weighted by molar-refractivity contribution is 6.35. The van der Waals surface area contributed by atoms with Gasteiger partial charge in [-0.1, -0.05) is 50.0 Å². The molecule has 1 fully saturated rings. The van der Waals surface area contributed by atoms with Crippen molar-refractivity contribution in [3.63, 3.8) is 0 Å². The molecule has 106 valence electrons. The second kappa shape index (κ2) is 5.27. The maximum absolute atomic E-state index is 10.9. The molecule has 19 heavy (non-hydrogen) atoms. The zero-order chi connectivity index (χ0) is 14.3. The lowest BCUT2D eigenvalue weighted by molar-refractivity contribution is -0.0574. The molecule has 0 aliphatic heterocycles. The van der Waals surface area contributed by atoms with Crippen LogP contribution in [0.4, 0.5) is 0 Å². The van der Waals surface area contributed by atoms with Crippen LogP contribution in [0.25, 0.3) is 0 Å². The van der Waals surface area contributed by atoms with Crippen LogP contribution in [0.15, 0.2) is 18.2 Å². The topological polar surface area (TPSA) is 20.2 Å². The van der Waals surface area contributed by atoms with Gasteiger partial charge in [-0.15, -0.1) is 0 Å². The van der Waals surface area contributed by atoms with Crippen molar-refractivity contribution in [1.82, 2.24) is 0 Å². The number of hydrogen-bond donors (Lipinski definition) is 1. The summed E-state index contributed by atoms with van der Waals surface area (Å²) in [6, 6.07) is 5.51. The fraction of sp³-hybridized carbons (Fsp3) is 0.625. The van der Waals surface area contributed by atoms with E-state index in [9.17, 15) is 5.11 Å². The first kappa shape index (κ1) is 15.2. The molecule has 2 unspecified atom stereocenters. The molecule has 2 rings (SSSR count). The highest BCUT2D eigenvalue weighted by Crippen LogP contribution is 2.45. The third-order valence-electron chi connectivity index (χ3n) is 3.97. The van der Waals surface area contributed by atoms with Crippen molar-refractivity contribution < 1.29 is 5.11 Å². The van der Waals surface area contributed by atoms with E-state index in [1.165, 1.54) is 6.42 Å². The van der Waals surface area contributed by atoms with Crippen LogP contribution < -0.4 is 0 Å². The first-order valence-electron chi connectivity index (χ1n) is 6.85. The Morgan fingerprint density at radius 1 is 1.26 bits per heavy atom. The number of halogens is 2. The molecule has 1 saturated carbocycles. The minimum atomic E-state index is -0.654. The molecule has 1 aliphatic carbocycles. The monoisotopic (exact) mass is 300 g/mol. The molecule has 2 atom stereocenters. The van der Waals surface area contributed by atoms with Crippen LogP contribution in [0, 0.1) is 11.3 Å². The molecular formula is C16H22Cl2O. The molecular weight excluding hydrogens is 279 g/mol. The predicted octanol–water partition coefficient (Wildman–Crippen LogP) is 5.11. The molecule has 0 aromatic heterocycles. The first-order valence-corrected chi connectivity index (χ1v) is 7.61. The van der Waals surface area contributed by atoms with E-state index in [2.05, 4.69) is 20.8 Å². The van der Waals surface area contributed by atoms with E-state index in [1.54, 1.807) is 6.07 Å². The standard InChI is InChI=1S/C16H22Cl2O/c1-11-7-15(2,3)10-16(19,8-11)9-12-4-5-13(17)6-14(12)18/h4-6,11,19H,7-10H2,1-3H3. The van der Waals surface area contributed by atoms with Gasteiger partial charge in [-0.3, -0.25) is 0 Å². The number of rotatable bonds is 2. The van der Waals surface area contributed by atoms with E-state index in [1.807, 2.05) is 12.1 Å². The number of aliphatic hydroxyl groups is 1. The van der Waals surface area contributed by atoms with E-state index >= 15 is 0 Å². The van der Waals surface area contributed by atoms with Crippen LogP contribution >= 0.6 is 23.2 Å². The highest BCUT2D eigenvalue weighted by atomic mass is 35.5. The Morgan fingerprint density at radius 2 is 1.95 bits per heavy atom. The van der Waals surface area contributed by atoms with Crippen LogP contribution in [0.3, 0.4) is 0 Å². The summed E-state index contributed by atoms with van der Waals surface area (Å²) in [6.07, 6.45) is 3.44. The summed E-state index contributed by atoms with van der Waals surface area (Å²) < 4.78 is 0. The van der Waals surface area contributed by atoms with E-state index < -0.39 is 5.60 Å². The van der Waals surface area contributed by atoms with Gasteiger partial charge in [0.1, 0.15) is 0 Å². The third-order valence-corrected chi connectivity index (χ3v) is 4.56. The molecule has 0 radical (unpaired) electrons. The summed E-state index contributed by atoms with van der Waals surface area (Å²) in [5.41, 5.74) is 0.516. The van der Waals surface area contributed by atoms with Gasteiger partial charge in [0.15, 0.2) is 0 Å². The Bertz CT molecular complexity index is 470. The fourth-order valence-corrected chi connectivity index (χ4v) is 4.33. The molecule has 1 aromatic rings. The smallest absolute Gasteiger partial charge is 0.0696 e. The summed E-state index contributed by atoms with van der Waals surface area (Å²) in [5, 5.41) is 12.2. The van der Waals surface area contributed by atoms with Crippen molar-refractivity contribution in [2.75, 3.05) is 0 Å². The summed E-state index contributed by atoms with van der Waals surface area (Å²) in [6.45, 7) is 6.68. The van der Waals surface area contributed by atoms with E-state index in [0.717, 1.165) is 18.4 Å². The van der Waals surface area contributed by atoms with Gasteiger partial charge in [0.25, 0.3) is 0 Å². The van der Waals surface area contributed by atoms with E-state index in [-0.39, 0.29) is 5.41 Å². The maximum atomic E-state index is 10.9. The summed E-state index contributed by atoms with van der Waals surface area (Å²) >= 11 is 12.1. The Balaban J connectivity index is 2.21. The van der Waals surface area contributed by atoms with Crippen LogP contribution in [0.5, 0.6) is 0 Å². The Labute approximate surface area is 125 Å². The van der Waals surface area contributed by atoms with Gasteiger partial charge < -0.3 is 5.11 Å². The van der Waals surface area contributed by atoms with Crippen LogP contribution in [0.1, 0.15) is 45.6 Å². The zero-order valence-corrected chi connectivity index (χ0v) is 13.4. The Kier molecular flexibility index (Phi) is 4.21. The van der Waals surface area contributed by atoms with Crippen molar-refractivity contribution in [3.05, 3.63) is 33.8 Å². The minimum absolute atomic E-state index is 0.186. The van der Waals surface area contributed by atoms with Crippen LogP contribution in [0.2, 0.25) is 10.0 Å². The molecule has 1 aliphatic rings. The summed E-state index contributed by atoms with van der Waals surface area (Å²) in [4.78, 5) is 0. The van der Waals surface area contributed by atoms with Gasteiger partial charge in [-0.2, -0.15) is 0 Å². The molecule has 0 amide bonds. The lowest BCUT2D eigenvalue weighted by atomic mass is 9.64. The molecule has 3 heteroatoms. The van der Waals surface area contributed by atoms with Gasteiger partial charge in [-0.25, -0.2) is 0 Å². The van der Waals surface area contributed by atoms with Crippen molar-refractivity contribution in [3.8, 4) is 0 Å². The molecule has 0 bridgehead atoms. The first-order chi connectivity index (χ1) is 8.69. The quantitative estimate of drug-likeness (QED) is 0.804. The Morgan fingerprint density at radius 3 is 2.53 bits per heavy atom. The number of hydrogen-bond acceptors (Lipinski definition) is 1. The lowest BCUT2D eigenvalue weighted by Crippen LogP contribution is -2.43. The molecule has 0 spiro atoms. The van der Waals surface area contributed by atoms with Crippen LogP contribution in [-0.2, 0) is 6.42 Å². The van der Waals surface area contributed by atoms with E-state index in [4.69, 9.17) is 23.2 Å². The second-order valence-corrected chi connectivity index (χ2v) is 7.83. The lowest BCUT2D eigenvalue weighted by Gasteiger charge is -2.45. The largest absolute Gasteiger partial charge is 0.390 e. The van der Waals surface area contributed by atoms with Crippen molar-refractivity contribution in [1.29, 1.82) is 0 Å². The molecule has 1 N–H and O–H groups in total. The molecule has 1 nitrogen and oxygen atoms in total. The van der Waals surface area contributed by atoms with Gasteiger partial charge in [0.05, 0.1) is 5.60 Å². The molecule has 1 aromatic carbocycles. The SMILES string of the molecule is CC1CC(C)(C)CC(O)(Cc2ccc(Cl)cc2Cl)C1. The van der Waals surface area contributed by atoms with Gasteiger partial charge >= 0.3 is 0 Å². The Hall–Kier alpha value is -0.240. The molecule has 0 saturated heterocycles. The molecule has 0 heterocycles. The average Bonchev–Trinajstić information content (AvgIpc) is 2.18. The van der Waals surface area contributed by atoms with Crippen molar-refractivity contribution in [2.45, 2.75) is 52.1 Å². The second-order valence-electron chi connectivity index (χ2n) is 6.99. The normalized spacial score (nSPS) is 30.3. The summed E-state index contributed by atoms with van der Waals surface area (Å²) in [7, 11) is 0. The maximum Gasteiger partial charge on any atom is 0.0696 e. The van der Waals surface area contributed by atoms with Gasteiger partial charge in [0, 0.05) is 16.5 Å². The van der Waals surface area contributed by atoms with Gasteiger partial charge in [0.2, 0.25) is 0 Å². The third kappa shape index (κ3) is 3.87.